The normalized spacial score (nSPS) is 11.9. The standard InChI is InChI=1S/C10H15N3O4S/c1-6-12-7(5-18-6)4-11-10(17)13-8(2-3-14)9(15)16/h5,8,14H,2-4H2,1H3,(H,15,16)(H2,11,13,17)/t8-/m0/s1. The summed E-state index contributed by atoms with van der Waals surface area (Å²) in [6, 6.07) is -1.69. The number of carbonyl (C=O) groups is 2. The molecule has 7 nitrogen and oxygen atoms in total. The van der Waals surface area contributed by atoms with Gasteiger partial charge in [-0.05, 0) is 6.92 Å². The summed E-state index contributed by atoms with van der Waals surface area (Å²) in [6.07, 6.45) is -0.0292. The highest BCUT2D eigenvalue weighted by molar-refractivity contribution is 7.09. The Bertz CT molecular complexity index is 421. The predicted molar refractivity (Wildman–Crippen MR) is 65.3 cm³/mol. The lowest BCUT2D eigenvalue weighted by atomic mass is 10.2. The van der Waals surface area contributed by atoms with E-state index in [0.717, 1.165) is 10.7 Å². The van der Waals surface area contributed by atoms with E-state index in [4.69, 9.17) is 10.2 Å². The Morgan fingerprint density at radius 3 is 2.78 bits per heavy atom. The highest BCUT2D eigenvalue weighted by atomic mass is 32.1. The fourth-order valence-electron chi connectivity index (χ4n) is 1.26. The molecule has 18 heavy (non-hydrogen) atoms. The molecule has 8 heteroatoms. The van der Waals surface area contributed by atoms with Gasteiger partial charge in [-0.3, -0.25) is 0 Å². The zero-order valence-corrected chi connectivity index (χ0v) is 10.7. The summed E-state index contributed by atoms with van der Waals surface area (Å²) >= 11 is 1.47. The van der Waals surface area contributed by atoms with E-state index >= 15 is 0 Å². The van der Waals surface area contributed by atoms with Gasteiger partial charge in [0, 0.05) is 18.4 Å². The number of carboxylic acid groups (broad SMARTS) is 1. The Hall–Kier alpha value is -1.67. The summed E-state index contributed by atoms with van der Waals surface area (Å²) in [6.45, 7) is 1.79. The number of thiazole rings is 1. The van der Waals surface area contributed by atoms with Crippen molar-refractivity contribution in [3.8, 4) is 0 Å². The molecule has 0 aromatic carbocycles. The minimum absolute atomic E-state index is 0.0292. The van der Waals surface area contributed by atoms with Gasteiger partial charge in [-0.25, -0.2) is 14.6 Å². The van der Waals surface area contributed by atoms with Crippen molar-refractivity contribution in [2.24, 2.45) is 0 Å². The van der Waals surface area contributed by atoms with E-state index in [2.05, 4.69) is 15.6 Å². The fraction of sp³-hybridized carbons (Fsp3) is 0.500. The van der Waals surface area contributed by atoms with Gasteiger partial charge < -0.3 is 20.8 Å². The summed E-state index contributed by atoms with van der Waals surface area (Å²) in [5.41, 5.74) is 0.724. The SMILES string of the molecule is Cc1nc(CNC(=O)N[C@@H](CCO)C(=O)O)cs1. The smallest absolute Gasteiger partial charge is 0.326 e. The van der Waals surface area contributed by atoms with Crippen molar-refractivity contribution in [1.29, 1.82) is 0 Å². The highest BCUT2D eigenvalue weighted by Crippen LogP contribution is 2.07. The Balaban J connectivity index is 2.38. The number of aliphatic carboxylic acids is 1. The number of nitrogens with zero attached hydrogens (tertiary/aromatic N) is 1. The van der Waals surface area contributed by atoms with E-state index in [-0.39, 0.29) is 19.6 Å². The lowest BCUT2D eigenvalue weighted by Crippen LogP contribution is -2.46. The van der Waals surface area contributed by atoms with Crippen LogP contribution in [-0.4, -0.2) is 39.8 Å². The minimum atomic E-state index is -1.18. The molecule has 1 aromatic heterocycles. The van der Waals surface area contributed by atoms with Crippen LogP contribution in [0, 0.1) is 6.92 Å². The lowest BCUT2D eigenvalue weighted by molar-refractivity contribution is -0.139. The molecule has 0 spiro atoms. The lowest BCUT2D eigenvalue weighted by Gasteiger charge is -2.13. The van der Waals surface area contributed by atoms with Gasteiger partial charge in [0.25, 0.3) is 0 Å². The number of aliphatic hydroxyl groups is 1. The number of nitrogens with one attached hydrogen (secondary N) is 2. The maximum absolute atomic E-state index is 11.4. The van der Waals surface area contributed by atoms with Crippen LogP contribution >= 0.6 is 11.3 Å². The van der Waals surface area contributed by atoms with Crippen molar-refractivity contribution in [3.05, 3.63) is 16.1 Å². The van der Waals surface area contributed by atoms with Gasteiger partial charge in [0.2, 0.25) is 0 Å². The number of hydrogen-bond acceptors (Lipinski definition) is 5. The Morgan fingerprint density at radius 2 is 2.28 bits per heavy atom. The summed E-state index contributed by atoms with van der Waals surface area (Å²) in [5, 5.41) is 24.9. The second-order valence-electron chi connectivity index (χ2n) is 3.59. The van der Waals surface area contributed by atoms with Crippen LogP contribution in [0.1, 0.15) is 17.1 Å². The molecule has 2 amide bonds. The number of hydrogen-bond donors (Lipinski definition) is 4. The number of urea groups is 1. The van der Waals surface area contributed by atoms with Gasteiger partial charge >= 0.3 is 12.0 Å². The van der Waals surface area contributed by atoms with Crippen molar-refractivity contribution >= 4 is 23.3 Å². The Labute approximate surface area is 108 Å². The van der Waals surface area contributed by atoms with E-state index < -0.39 is 18.0 Å². The number of carboxylic acids is 1. The van der Waals surface area contributed by atoms with Crippen LogP contribution in [0.4, 0.5) is 4.79 Å². The van der Waals surface area contributed by atoms with Gasteiger partial charge in [0.15, 0.2) is 0 Å². The first-order chi connectivity index (χ1) is 8.52. The number of rotatable bonds is 6. The number of aryl methyl sites for hydroxylation is 1. The maximum atomic E-state index is 11.4. The molecule has 0 saturated carbocycles. The Morgan fingerprint density at radius 1 is 1.56 bits per heavy atom. The van der Waals surface area contributed by atoms with Crippen LogP contribution in [0.15, 0.2) is 5.38 Å². The maximum Gasteiger partial charge on any atom is 0.326 e. The molecule has 0 bridgehead atoms. The molecular weight excluding hydrogens is 258 g/mol. The first-order valence-electron chi connectivity index (χ1n) is 5.32. The van der Waals surface area contributed by atoms with Crippen LogP contribution in [0.5, 0.6) is 0 Å². The fourth-order valence-corrected chi connectivity index (χ4v) is 1.87. The number of carbonyl (C=O) groups excluding carboxylic acids is 1. The monoisotopic (exact) mass is 273 g/mol. The summed E-state index contributed by atoms with van der Waals surface area (Å²) in [4.78, 5) is 26.3. The van der Waals surface area contributed by atoms with Crippen LogP contribution in [0.3, 0.4) is 0 Å². The molecule has 100 valence electrons. The van der Waals surface area contributed by atoms with E-state index in [9.17, 15) is 9.59 Å². The van der Waals surface area contributed by atoms with E-state index in [0.29, 0.717) is 0 Å². The molecule has 4 N–H and O–H groups in total. The highest BCUT2D eigenvalue weighted by Gasteiger charge is 2.18. The molecule has 0 aliphatic carbocycles. The molecule has 0 aliphatic heterocycles. The van der Waals surface area contributed by atoms with E-state index in [1.807, 2.05) is 12.3 Å². The zero-order chi connectivity index (χ0) is 13.5. The second kappa shape index (κ2) is 6.92. The second-order valence-corrected chi connectivity index (χ2v) is 4.65. The third-order valence-corrected chi connectivity index (χ3v) is 2.94. The average molecular weight is 273 g/mol. The number of amides is 2. The third kappa shape index (κ3) is 4.68. The molecule has 1 aromatic rings. The summed E-state index contributed by atoms with van der Waals surface area (Å²) < 4.78 is 0. The molecule has 1 heterocycles. The van der Waals surface area contributed by atoms with Crippen molar-refractivity contribution < 1.29 is 19.8 Å². The summed E-state index contributed by atoms with van der Waals surface area (Å²) in [5.74, 6) is -1.18. The molecule has 0 saturated heterocycles. The molecule has 0 fully saturated rings. The van der Waals surface area contributed by atoms with Crippen molar-refractivity contribution in [1.82, 2.24) is 15.6 Å². The third-order valence-electron chi connectivity index (χ3n) is 2.12. The molecule has 0 aliphatic rings. The quantitative estimate of drug-likeness (QED) is 0.587. The van der Waals surface area contributed by atoms with Gasteiger partial charge in [-0.2, -0.15) is 0 Å². The van der Waals surface area contributed by atoms with Crippen LogP contribution < -0.4 is 10.6 Å². The molecule has 0 radical (unpaired) electrons. The Kier molecular flexibility index (Phi) is 5.53. The van der Waals surface area contributed by atoms with Crippen molar-refractivity contribution in [3.63, 3.8) is 0 Å². The van der Waals surface area contributed by atoms with E-state index in [1.54, 1.807) is 0 Å². The first kappa shape index (κ1) is 14.4. The number of aromatic nitrogens is 1. The molecule has 0 unspecified atom stereocenters. The van der Waals surface area contributed by atoms with Gasteiger partial charge in [0.05, 0.1) is 17.2 Å². The van der Waals surface area contributed by atoms with Gasteiger partial charge in [-0.1, -0.05) is 0 Å². The first-order valence-corrected chi connectivity index (χ1v) is 6.20. The largest absolute Gasteiger partial charge is 0.480 e. The molecule has 1 atom stereocenters. The minimum Gasteiger partial charge on any atom is -0.480 e. The van der Waals surface area contributed by atoms with Crippen molar-refractivity contribution in [2.45, 2.75) is 25.9 Å². The van der Waals surface area contributed by atoms with Crippen LogP contribution in [-0.2, 0) is 11.3 Å². The van der Waals surface area contributed by atoms with Crippen LogP contribution in [0.2, 0.25) is 0 Å². The van der Waals surface area contributed by atoms with Crippen LogP contribution in [0.25, 0.3) is 0 Å². The molecule has 1 rings (SSSR count). The van der Waals surface area contributed by atoms with E-state index in [1.165, 1.54) is 11.3 Å². The average Bonchev–Trinajstić information content (AvgIpc) is 2.72. The van der Waals surface area contributed by atoms with Gasteiger partial charge in [0.1, 0.15) is 6.04 Å². The molecular formula is C10H15N3O4S. The van der Waals surface area contributed by atoms with Crippen molar-refractivity contribution in [2.75, 3.05) is 6.61 Å². The predicted octanol–water partition coefficient (Wildman–Crippen LogP) is 0.0863. The topological polar surface area (TPSA) is 112 Å². The van der Waals surface area contributed by atoms with Gasteiger partial charge in [-0.15, -0.1) is 11.3 Å². The number of aliphatic hydroxyl groups excluding tert-OH is 1. The zero-order valence-electron chi connectivity index (χ0n) is 9.84. The summed E-state index contributed by atoms with van der Waals surface area (Å²) in [7, 11) is 0.